The van der Waals surface area contributed by atoms with Crippen molar-refractivity contribution in [2.24, 2.45) is 0 Å². The van der Waals surface area contributed by atoms with E-state index in [1.807, 2.05) is 42.1 Å². The molecule has 24 heavy (non-hydrogen) atoms. The summed E-state index contributed by atoms with van der Waals surface area (Å²) < 4.78 is 5.47. The number of aliphatic hydroxyl groups excluding tert-OH is 1. The molecule has 0 amide bonds. The van der Waals surface area contributed by atoms with Crippen LogP contribution in [0.4, 0.5) is 0 Å². The van der Waals surface area contributed by atoms with Gasteiger partial charge in [-0.1, -0.05) is 25.1 Å². The second-order valence-electron chi connectivity index (χ2n) is 4.64. The SMILES string of the molecule is CCSCCCNCC(O)COc1ccccc1.O=C(O)C(=O)O. The molecule has 0 fully saturated rings. The molecule has 0 aliphatic rings. The number of aliphatic hydroxyl groups is 1. The lowest BCUT2D eigenvalue weighted by atomic mass is 10.3. The zero-order valence-electron chi connectivity index (χ0n) is 13.7. The molecule has 8 heteroatoms. The number of rotatable bonds is 10. The Bertz CT molecular complexity index is 445. The van der Waals surface area contributed by atoms with Crippen LogP contribution in [0.3, 0.4) is 0 Å². The summed E-state index contributed by atoms with van der Waals surface area (Å²) in [4.78, 5) is 18.2. The minimum absolute atomic E-state index is 0.334. The third kappa shape index (κ3) is 13.9. The molecule has 1 unspecified atom stereocenters. The number of benzene rings is 1. The summed E-state index contributed by atoms with van der Waals surface area (Å²) >= 11 is 1.95. The van der Waals surface area contributed by atoms with Gasteiger partial charge in [0, 0.05) is 6.54 Å². The van der Waals surface area contributed by atoms with Gasteiger partial charge in [-0.15, -0.1) is 0 Å². The molecule has 1 aromatic carbocycles. The summed E-state index contributed by atoms with van der Waals surface area (Å²) in [5.41, 5.74) is 0. The van der Waals surface area contributed by atoms with Crippen molar-refractivity contribution in [1.82, 2.24) is 5.32 Å². The van der Waals surface area contributed by atoms with Gasteiger partial charge in [0.2, 0.25) is 0 Å². The van der Waals surface area contributed by atoms with Gasteiger partial charge in [-0.2, -0.15) is 11.8 Å². The van der Waals surface area contributed by atoms with Gasteiger partial charge < -0.3 is 25.4 Å². The van der Waals surface area contributed by atoms with Crippen molar-refractivity contribution in [3.63, 3.8) is 0 Å². The first kappa shape index (κ1) is 22.2. The third-order valence-corrected chi connectivity index (χ3v) is 3.58. The zero-order valence-corrected chi connectivity index (χ0v) is 14.5. The molecule has 0 spiro atoms. The number of carboxylic acids is 2. The maximum atomic E-state index is 9.72. The molecule has 0 saturated carbocycles. The van der Waals surface area contributed by atoms with Crippen LogP contribution >= 0.6 is 11.8 Å². The topological polar surface area (TPSA) is 116 Å². The summed E-state index contributed by atoms with van der Waals surface area (Å²) in [6.45, 7) is 4.04. The van der Waals surface area contributed by atoms with E-state index in [1.54, 1.807) is 0 Å². The van der Waals surface area contributed by atoms with Gasteiger partial charge in [-0.3, -0.25) is 0 Å². The van der Waals surface area contributed by atoms with Crippen LogP contribution in [0.25, 0.3) is 0 Å². The summed E-state index contributed by atoms with van der Waals surface area (Å²) in [6.07, 6.45) is 0.689. The van der Waals surface area contributed by atoms with Crippen molar-refractivity contribution in [2.45, 2.75) is 19.4 Å². The normalized spacial score (nSPS) is 11.1. The molecule has 0 aromatic heterocycles. The monoisotopic (exact) mass is 359 g/mol. The van der Waals surface area contributed by atoms with Crippen molar-refractivity contribution in [3.8, 4) is 5.75 Å². The molecular formula is C16H25NO6S. The maximum Gasteiger partial charge on any atom is 0.414 e. The Balaban J connectivity index is 0.000000754. The van der Waals surface area contributed by atoms with Crippen LogP contribution in [-0.2, 0) is 9.59 Å². The molecule has 1 atom stereocenters. The lowest BCUT2D eigenvalue weighted by Crippen LogP contribution is -2.32. The lowest BCUT2D eigenvalue weighted by Gasteiger charge is -2.13. The number of nitrogens with one attached hydrogen (secondary N) is 1. The molecule has 0 saturated heterocycles. The third-order valence-electron chi connectivity index (χ3n) is 2.59. The molecule has 1 rings (SSSR count). The molecule has 136 valence electrons. The van der Waals surface area contributed by atoms with Crippen molar-refractivity contribution in [3.05, 3.63) is 30.3 Å². The quantitative estimate of drug-likeness (QED) is 0.365. The molecule has 0 bridgehead atoms. The second kappa shape index (κ2) is 14.8. The van der Waals surface area contributed by atoms with Crippen LogP contribution in [0.2, 0.25) is 0 Å². The van der Waals surface area contributed by atoms with E-state index >= 15 is 0 Å². The summed E-state index contributed by atoms with van der Waals surface area (Å²) in [5, 5.41) is 27.7. The maximum absolute atomic E-state index is 9.72. The highest BCUT2D eigenvalue weighted by molar-refractivity contribution is 7.99. The Hall–Kier alpha value is -1.77. The van der Waals surface area contributed by atoms with Crippen LogP contribution in [0.1, 0.15) is 13.3 Å². The van der Waals surface area contributed by atoms with E-state index in [9.17, 15) is 5.11 Å². The minimum atomic E-state index is -1.82. The molecule has 7 nitrogen and oxygen atoms in total. The van der Waals surface area contributed by atoms with E-state index in [0.717, 1.165) is 18.7 Å². The first-order valence-corrected chi connectivity index (χ1v) is 8.73. The fourth-order valence-electron chi connectivity index (χ4n) is 1.48. The van der Waals surface area contributed by atoms with Crippen LogP contribution in [0.15, 0.2) is 30.3 Å². The number of carbonyl (C=O) groups is 2. The molecule has 0 radical (unpaired) electrons. The average Bonchev–Trinajstić information content (AvgIpc) is 2.57. The van der Waals surface area contributed by atoms with Crippen molar-refractivity contribution < 1.29 is 29.6 Å². The fourth-order valence-corrected chi connectivity index (χ4v) is 2.12. The van der Waals surface area contributed by atoms with Gasteiger partial charge in [0.05, 0.1) is 0 Å². The summed E-state index contributed by atoms with van der Waals surface area (Å²) in [5.74, 6) is -0.492. The number of thioether (sulfide) groups is 1. The molecule has 4 N–H and O–H groups in total. The number of carboxylic acid groups (broad SMARTS) is 2. The first-order valence-electron chi connectivity index (χ1n) is 7.58. The van der Waals surface area contributed by atoms with Gasteiger partial charge in [0.1, 0.15) is 18.5 Å². The van der Waals surface area contributed by atoms with Gasteiger partial charge >= 0.3 is 11.9 Å². The van der Waals surface area contributed by atoms with Gasteiger partial charge in [0.15, 0.2) is 0 Å². The van der Waals surface area contributed by atoms with Crippen molar-refractivity contribution in [2.75, 3.05) is 31.2 Å². The number of hydrogen-bond donors (Lipinski definition) is 4. The van der Waals surface area contributed by atoms with E-state index in [0.29, 0.717) is 13.2 Å². The molecule has 0 aliphatic heterocycles. The highest BCUT2D eigenvalue weighted by atomic mass is 32.2. The average molecular weight is 359 g/mol. The van der Waals surface area contributed by atoms with Gasteiger partial charge in [-0.05, 0) is 36.6 Å². The van der Waals surface area contributed by atoms with Crippen LogP contribution < -0.4 is 10.1 Å². The number of ether oxygens (including phenoxy) is 1. The zero-order chi connectivity index (χ0) is 18.2. The predicted octanol–water partition coefficient (Wildman–Crippen LogP) is 1.31. The Morgan fingerprint density at radius 1 is 1.21 bits per heavy atom. The van der Waals surface area contributed by atoms with E-state index in [-0.39, 0.29) is 0 Å². The minimum Gasteiger partial charge on any atom is -0.491 e. The van der Waals surface area contributed by atoms with E-state index < -0.39 is 18.0 Å². The second-order valence-corrected chi connectivity index (χ2v) is 6.04. The Morgan fingerprint density at radius 2 is 1.83 bits per heavy atom. The molecule has 0 heterocycles. The number of para-hydroxylation sites is 1. The highest BCUT2D eigenvalue weighted by Crippen LogP contribution is 2.08. The molecule has 0 aliphatic carbocycles. The number of aliphatic carboxylic acids is 2. The van der Waals surface area contributed by atoms with E-state index in [4.69, 9.17) is 24.5 Å². The van der Waals surface area contributed by atoms with Crippen LogP contribution in [0, 0.1) is 0 Å². The molecule has 1 aromatic rings. The Kier molecular flexibility index (Phi) is 13.7. The van der Waals surface area contributed by atoms with Crippen molar-refractivity contribution in [1.29, 1.82) is 0 Å². The first-order chi connectivity index (χ1) is 11.5. The highest BCUT2D eigenvalue weighted by Gasteiger charge is 2.04. The summed E-state index contributed by atoms with van der Waals surface area (Å²) in [6, 6.07) is 9.57. The van der Waals surface area contributed by atoms with Crippen LogP contribution in [-0.4, -0.2) is 64.6 Å². The van der Waals surface area contributed by atoms with Crippen molar-refractivity contribution >= 4 is 23.7 Å². The Labute approximate surface area is 146 Å². The Morgan fingerprint density at radius 3 is 2.38 bits per heavy atom. The largest absolute Gasteiger partial charge is 0.491 e. The fraction of sp³-hybridized carbons (Fsp3) is 0.500. The van der Waals surface area contributed by atoms with Crippen LogP contribution in [0.5, 0.6) is 5.75 Å². The van der Waals surface area contributed by atoms with Gasteiger partial charge in [-0.25, -0.2) is 9.59 Å². The number of hydrogen-bond acceptors (Lipinski definition) is 6. The summed E-state index contributed by atoms with van der Waals surface area (Å²) in [7, 11) is 0. The standard InChI is InChI=1S/C14H23NO2S.C2H2O4/c1-2-18-10-6-9-15-11-13(16)12-17-14-7-4-3-5-8-14;3-1(4)2(5)6/h3-5,7-8,13,15-16H,2,6,9-12H2,1H3;(H,3,4)(H,5,6). The predicted molar refractivity (Wildman–Crippen MR) is 93.7 cm³/mol. The van der Waals surface area contributed by atoms with Gasteiger partial charge in [0.25, 0.3) is 0 Å². The van der Waals surface area contributed by atoms with E-state index in [1.165, 1.54) is 11.5 Å². The smallest absolute Gasteiger partial charge is 0.414 e. The lowest BCUT2D eigenvalue weighted by molar-refractivity contribution is -0.159. The van der Waals surface area contributed by atoms with E-state index in [2.05, 4.69) is 12.2 Å². The molecular weight excluding hydrogens is 334 g/mol.